The van der Waals surface area contributed by atoms with Gasteiger partial charge < -0.3 is 14.8 Å². The predicted octanol–water partition coefficient (Wildman–Crippen LogP) is 0.542. The summed E-state index contributed by atoms with van der Waals surface area (Å²) in [5, 5.41) is 2.20. The zero-order valence-corrected chi connectivity index (χ0v) is 7.99. The van der Waals surface area contributed by atoms with Crippen molar-refractivity contribution in [3.05, 3.63) is 0 Å². The van der Waals surface area contributed by atoms with Crippen LogP contribution in [0, 0.1) is 5.92 Å². The van der Waals surface area contributed by atoms with E-state index in [2.05, 4.69) is 14.8 Å². The Balaban J connectivity index is 4.23. The molecule has 5 heteroatoms. The average molecular weight is 190 g/mol. The Labute approximate surface area is 78.8 Å². The molecule has 0 fully saturated rings. The molecule has 0 spiro atoms. The van der Waals surface area contributed by atoms with Crippen LogP contribution >= 0.6 is 0 Å². The Morgan fingerprint density at radius 3 is 2.46 bits per heavy atom. The molecule has 0 rings (SSSR count). The van der Waals surface area contributed by atoms with Crippen molar-refractivity contribution in [1.29, 1.82) is 0 Å². The Morgan fingerprint density at radius 1 is 1.46 bits per heavy atom. The maximum absolute atomic E-state index is 11.1. The highest BCUT2D eigenvalue weighted by Crippen LogP contribution is 2.02. The van der Waals surface area contributed by atoms with Crippen LogP contribution in [0.4, 0.5) is 4.79 Å². The van der Waals surface area contributed by atoms with Crippen molar-refractivity contribution >= 4 is 12.1 Å². The Kier molecular flexibility index (Phi) is 4.74. The highest BCUT2D eigenvalue weighted by atomic mass is 16.5. The van der Waals surface area contributed by atoms with E-state index in [9.17, 15) is 9.59 Å². The van der Waals surface area contributed by atoms with Gasteiger partial charge in [-0.25, -0.2) is 4.79 Å². The molecule has 0 aromatic rings. The van der Waals surface area contributed by atoms with Crippen LogP contribution < -0.4 is 5.32 Å². The second-order valence-corrected chi connectivity index (χ2v) is 2.34. The predicted molar refractivity (Wildman–Crippen MR) is 46.2 cm³/mol. The van der Waals surface area contributed by atoms with Crippen LogP contribution in [-0.2, 0) is 14.3 Å². The lowest BCUT2D eigenvalue weighted by Gasteiger charge is -2.12. The van der Waals surface area contributed by atoms with Gasteiger partial charge in [0.2, 0.25) is 0 Å². The van der Waals surface area contributed by atoms with Gasteiger partial charge in [-0.05, 0) is 6.42 Å². The second-order valence-electron chi connectivity index (χ2n) is 2.34. The van der Waals surface area contributed by atoms with Crippen molar-refractivity contribution in [1.82, 2.24) is 5.32 Å². The number of hydrogen-bond donors (Lipinski definition) is 1. The van der Waals surface area contributed by atoms with Gasteiger partial charge >= 0.3 is 12.1 Å². The molecule has 0 aliphatic heterocycles. The first-order chi connectivity index (χ1) is 6.56. The van der Waals surface area contributed by atoms with Crippen LogP contribution in [0.3, 0.4) is 0 Å². The molecule has 0 saturated heterocycles. The summed E-state index contributed by atoms with van der Waals surface area (Å²) in [4.78, 5) is 21.9. The van der Waals surface area contributed by atoms with Crippen molar-refractivity contribution in [2.24, 2.45) is 5.92 Å². The maximum atomic E-state index is 11.1. The van der Waals surface area contributed by atoms with Gasteiger partial charge in [0, 0.05) is 6.52 Å². The minimum absolute atomic E-state index is 0.421. The number of carbonyl (C=O) groups excluding carboxylic acids is 2. The molecule has 1 amide bonds. The van der Waals surface area contributed by atoms with E-state index >= 15 is 0 Å². The van der Waals surface area contributed by atoms with Crippen LogP contribution in [0.2, 0.25) is 0 Å². The summed E-state index contributed by atoms with van der Waals surface area (Å²) in [6.07, 6.45) is -0.308. The van der Waals surface area contributed by atoms with E-state index in [1.807, 2.05) is 0 Å². The molecule has 13 heavy (non-hydrogen) atoms. The minimum atomic E-state index is -1.04. The summed E-state index contributed by atoms with van der Waals surface area (Å²) in [6, 6.07) is 0. The quantitative estimate of drug-likeness (QED) is 0.657. The molecule has 0 radical (unpaired) electrons. The van der Waals surface area contributed by atoms with E-state index in [0.29, 0.717) is 6.42 Å². The molecule has 0 saturated carbocycles. The Hall–Kier alpha value is -1.26. The number of alkyl carbamates (subject to hydrolysis) is 1. The molecule has 2 unspecified atom stereocenters. The minimum Gasteiger partial charge on any atom is -0.469 e. The molecule has 76 valence electrons. The second kappa shape index (κ2) is 6.28. The fourth-order valence-electron chi connectivity index (χ4n) is 0.731. The number of carbonyl (C=O) groups is 2. The summed E-state index contributed by atoms with van der Waals surface area (Å²) >= 11 is 0. The number of rotatable bonds is 4. The largest absolute Gasteiger partial charge is 0.469 e. The molecular formula is C8H15NO4. The third-order valence-corrected chi connectivity index (χ3v) is 1.53. The normalized spacial score (nSPS) is 15.2. The Bertz CT molecular complexity index is 210. The van der Waals surface area contributed by atoms with E-state index < -0.39 is 24.5 Å². The van der Waals surface area contributed by atoms with Crippen LogP contribution in [0.5, 0.6) is 0 Å². The molecule has 0 bridgehead atoms. The van der Waals surface area contributed by atoms with E-state index in [-0.39, 0.29) is 0 Å². The van der Waals surface area contributed by atoms with Gasteiger partial charge in [-0.1, -0.05) is 6.92 Å². The number of amides is 1. The van der Waals surface area contributed by atoms with E-state index in [1.54, 1.807) is 6.92 Å². The highest BCUT2D eigenvalue weighted by Gasteiger charge is 2.17. The lowest BCUT2D eigenvalue weighted by molar-refractivity contribution is -0.145. The molecule has 0 heterocycles. The lowest BCUT2D eigenvalue weighted by Crippen LogP contribution is -2.33. The van der Waals surface area contributed by atoms with Gasteiger partial charge in [-0.15, -0.1) is 0 Å². The van der Waals surface area contributed by atoms with Crippen LogP contribution in [0.25, 0.3) is 0 Å². The standard InChI is InChI=1S/C8H15NO4/c1-4-6(7(10)12-2)5-9-8(11)13-3/h6H,4-5H2,1-3H3,(H,9,11)/i5D. The fraction of sp³-hybridized carbons (Fsp3) is 0.750. The summed E-state index contributed by atoms with van der Waals surface area (Å²) in [7, 11) is 2.44. The third-order valence-electron chi connectivity index (χ3n) is 1.53. The van der Waals surface area contributed by atoms with Crippen molar-refractivity contribution in [2.45, 2.75) is 13.3 Å². The zero-order valence-electron chi connectivity index (χ0n) is 8.99. The molecule has 2 atom stereocenters. The Morgan fingerprint density at radius 2 is 2.08 bits per heavy atom. The van der Waals surface area contributed by atoms with Crippen molar-refractivity contribution in [3.63, 3.8) is 0 Å². The van der Waals surface area contributed by atoms with Gasteiger partial charge in [0.05, 0.1) is 21.5 Å². The number of esters is 1. The van der Waals surface area contributed by atoms with Gasteiger partial charge in [0.15, 0.2) is 0 Å². The lowest BCUT2D eigenvalue weighted by atomic mass is 10.1. The third kappa shape index (κ3) is 4.35. The number of methoxy groups -OCH3 is 2. The van der Waals surface area contributed by atoms with Crippen molar-refractivity contribution in [2.75, 3.05) is 20.7 Å². The molecule has 0 aliphatic rings. The number of nitrogens with one attached hydrogen (secondary N) is 1. The van der Waals surface area contributed by atoms with Gasteiger partial charge in [-0.2, -0.15) is 0 Å². The van der Waals surface area contributed by atoms with E-state index in [0.717, 1.165) is 0 Å². The maximum Gasteiger partial charge on any atom is 0.406 e. The molecule has 5 nitrogen and oxygen atoms in total. The number of hydrogen-bond acceptors (Lipinski definition) is 4. The summed E-state index contributed by atoms with van der Waals surface area (Å²) in [6.45, 7) is 0.696. The van der Waals surface area contributed by atoms with Crippen LogP contribution in [0.1, 0.15) is 14.7 Å². The molecule has 1 N–H and O–H groups in total. The van der Waals surface area contributed by atoms with Gasteiger partial charge in [0.25, 0.3) is 0 Å². The molecular weight excluding hydrogens is 174 g/mol. The topological polar surface area (TPSA) is 64.6 Å². The summed E-state index contributed by atoms with van der Waals surface area (Å²) in [5.74, 6) is -1.18. The van der Waals surface area contributed by atoms with Crippen molar-refractivity contribution in [3.8, 4) is 0 Å². The summed E-state index contributed by atoms with van der Waals surface area (Å²) < 4.78 is 16.3. The first-order valence-electron chi connectivity index (χ1n) is 4.49. The fourth-order valence-corrected chi connectivity index (χ4v) is 0.731. The van der Waals surface area contributed by atoms with Crippen LogP contribution in [-0.4, -0.2) is 32.8 Å². The highest BCUT2D eigenvalue weighted by molar-refractivity contribution is 5.74. The van der Waals surface area contributed by atoms with Gasteiger partial charge in [-0.3, -0.25) is 4.79 Å². The monoisotopic (exact) mass is 190 g/mol. The van der Waals surface area contributed by atoms with Crippen molar-refractivity contribution < 1.29 is 20.4 Å². The molecule has 0 aliphatic carbocycles. The summed E-state index contributed by atoms with van der Waals surface area (Å²) in [5.41, 5.74) is 0. The zero-order chi connectivity index (χ0) is 11.1. The number of ether oxygens (including phenoxy) is 2. The average Bonchev–Trinajstić information content (AvgIpc) is 2.18. The SMILES string of the molecule is [2H]C(NC(=O)OC)C(CC)C(=O)OC. The molecule has 0 aromatic carbocycles. The smallest absolute Gasteiger partial charge is 0.406 e. The molecule has 0 aromatic heterocycles. The van der Waals surface area contributed by atoms with Gasteiger partial charge in [0.1, 0.15) is 0 Å². The van der Waals surface area contributed by atoms with E-state index in [4.69, 9.17) is 1.37 Å². The van der Waals surface area contributed by atoms with Crippen LogP contribution in [0.15, 0.2) is 0 Å². The first kappa shape index (κ1) is 9.83. The van der Waals surface area contributed by atoms with E-state index in [1.165, 1.54) is 14.2 Å². The first-order valence-corrected chi connectivity index (χ1v) is 3.91.